The molecule has 11 heteroatoms. The molecule has 250 valence electrons. The predicted octanol–water partition coefficient (Wildman–Crippen LogP) is 6.56. The molecule has 1 heterocycles. The first-order valence-corrected chi connectivity index (χ1v) is 17.1. The SMILES string of the molecule is Cc1c(C(=O)O)ccc2c1CC[C@@H]2NC(=C1CC1)c1cc(C(=O)NCC2CCCCCC2)nc(C(=CN)C(=O)Nc2ccc(Cl)cc2)n1. The summed E-state index contributed by atoms with van der Waals surface area (Å²) in [7, 11) is 0. The third kappa shape index (κ3) is 7.54. The molecule has 1 atom stereocenters. The number of carbonyl (C=O) groups is 3. The average molecular weight is 669 g/mol. The number of halogens is 1. The van der Waals surface area contributed by atoms with E-state index in [9.17, 15) is 19.5 Å². The van der Waals surface area contributed by atoms with E-state index in [1.807, 2.05) is 13.0 Å². The van der Waals surface area contributed by atoms with Crippen molar-refractivity contribution in [2.75, 3.05) is 11.9 Å². The number of benzene rings is 2. The van der Waals surface area contributed by atoms with E-state index >= 15 is 0 Å². The molecule has 3 aliphatic carbocycles. The van der Waals surface area contributed by atoms with Gasteiger partial charge >= 0.3 is 5.97 Å². The van der Waals surface area contributed by atoms with Gasteiger partial charge in [-0.25, -0.2) is 14.8 Å². The predicted molar refractivity (Wildman–Crippen MR) is 186 cm³/mol. The number of aromatic nitrogens is 2. The second-order valence-electron chi connectivity index (χ2n) is 12.9. The van der Waals surface area contributed by atoms with Gasteiger partial charge in [0.1, 0.15) is 5.69 Å². The summed E-state index contributed by atoms with van der Waals surface area (Å²) in [5.41, 5.74) is 12.3. The van der Waals surface area contributed by atoms with Crippen LogP contribution in [0.5, 0.6) is 0 Å². The minimum absolute atomic E-state index is 0.0211. The Hall–Kier alpha value is -4.70. The number of fused-ring (bicyclic) bond motifs is 1. The Morgan fingerprint density at radius 3 is 2.33 bits per heavy atom. The van der Waals surface area contributed by atoms with Gasteiger partial charge in [-0.1, -0.05) is 43.4 Å². The summed E-state index contributed by atoms with van der Waals surface area (Å²) in [6, 6.07) is 11.9. The number of carboxylic acids is 1. The van der Waals surface area contributed by atoms with Crippen LogP contribution in [0.15, 0.2) is 54.2 Å². The zero-order chi connectivity index (χ0) is 33.8. The number of hydrogen-bond acceptors (Lipinski definition) is 7. The maximum Gasteiger partial charge on any atom is 0.335 e. The average Bonchev–Trinajstić information content (AvgIpc) is 3.88. The van der Waals surface area contributed by atoms with Gasteiger partial charge in [-0.15, -0.1) is 0 Å². The molecule has 48 heavy (non-hydrogen) atoms. The van der Waals surface area contributed by atoms with Gasteiger partial charge in [0.05, 0.1) is 28.6 Å². The molecule has 0 bridgehead atoms. The summed E-state index contributed by atoms with van der Waals surface area (Å²) < 4.78 is 0. The van der Waals surface area contributed by atoms with E-state index in [1.54, 1.807) is 36.4 Å². The van der Waals surface area contributed by atoms with Crippen LogP contribution < -0.4 is 21.7 Å². The molecule has 2 saturated carbocycles. The minimum atomic E-state index is -0.935. The first-order valence-electron chi connectivity index (χ1n) is 16.7. The van der Waals surface area contributed by atoms with E-state index in [4.69, 9.17) is 22.3 Å². The van der Waals surface area contributed by atoms with Crippen molar-refractivity contribution >= 4 is 46.3 Å². The molecule has 2 fully saturated rings. The number of aromatic carboxylic acids is 1. The Balaban J connectivity index is 1.32. The van der Waals surface area contributed by atoms with Gasteiger partial charge in [0.2, 0.25) is 0 Å². The van der Waals surface area contributed by atoms with Crippen molar-refractivity contribution in [2.45, 2.75) is 77.2 Å². The fraction of sp³-hybridized carbons (Fsp3) is 0.378. The van der Waals surface area contributed by atoms with Crippen LogP contribution in [0.4, 0.5) is 5.69 Å². The molecular weight excluding hydrogens is 628 g/mol. The molecule has 1 aromatic heterocycles. The maximum absolute atomic E-state index is 13.7. The molecule has 6 rings (SSSR count). The Labute approximate surface area is 285 Å². The number of carbonyl (C=O) groups excluding carboxylic acids is 2. The lowest BCUT2D eigenvalue weighted by Crippen LogP contribution is -2.31. The highest BCUT2D eigenvalue weighted by atomic mass is 35.5. The summed E-state index contributed by atoms with van der Waals surface area (Å²) >= 11 is 6.02. The number of anilines is 1. The van der Waals surface area contributed by atoms with Gasteiger partial charge in [-0.05, 0) is 110 Å². The highest BCUT2D eigenvalue weighted by molar-refractivity contribution is 6.30. The number of rotatable bonds is 10. The van der Waals surface area contributed by atoms with E-state index in [1.165, 1.54) is 25.7 Å². The number of carboxylic acid groups (broad SMARTS) is 1. The Morgan fingerprint density at radius 2 is 1.67 bits per heavy atom. The molecule has 3 aromatic rings. The smallest absolute Gasteiger partial charge is 0.335 e. The van der Waals surface area contributed by atoms with Crippen LogP contribution >= 0.6 is 11.6 Å². The number of amides is 2. The fourth-order valence-electron chi connectivity index (χ4n) is 6.80. The maximum atomic E-state index is 13.7. The summed E-state index contributed by atoms with van der Waals surface area (Å²) in [6.07, 6.45) is 11.4. The number of hydrogen-bond donors (Lipinski definition) is 5. The van der Waals surface area contributed by atoms with Crippen LogP contribution in [0.25, 0.3) is 11.3 Å². The van der Waals surface area contributed by atoms with Crippen LogP contribution in [-0.4, -0.2) is 39.4 Å². The largest absolute Gasteiger partial charge is 0.478 e. The standard InChI is InChI=1S/C37H41ClN6O4/c1-21-26-16-17-30(28(26)15-14-27(21)37(47)48)42-33(23-8-9-23)31-18-32(36(46)40-20-22-6-4-2-3-5-7-22)44-34(43-31)29(19-39)35(45)41-25-12-10-24(38)11-13-25/h10-15,18-19,22,30,42H,2-9,16-17,20,39H2,1H3,(H,40,46)(H,41,45)(H,47,48)/t30-/m0/s1. The van der Waals surface area contributed by atoms with Crippen LogP contribution in [0.1, 0.15) is 113 Å². The highest BCUT2D eigenvalue weighted by Crippen LogP contribution is 2.40. The van der Waals surface area contributed by atoms with Gasteiger partial charge in [-0.3, -0.25) is 9.59 Å². The Kier molecular flexibility index (Phi) is 10.1. The van der Waals surface area contributed by atoms with Crippen LogP contribution in [-0.2, 0) is 11.2 Å². The third-order valence-corrected chi connectivity index (χ3v) is 9.84. The monoisotopic (exact) mass is 668 g/mol. The second kappa shape index (κ2) is 14.6. The van der Waals surface area contributed by atoms with Gasteiger partial charge in [0, 0.05) is 23.5 Å². The number of nitrogens with two attached hydrogens (primary N) is 1. The van der Waals surface area contributed by atoms with Crippen LogP contribution in [0, 0.1) is 12.8 Å². The molecule has 2 aromatic carbocycles. The zero-order valence-electron chi connectivity index (χ0n) is 27.1. The summed E-state index contributed by atoms with van der Waals surface area (Å²) in [4.78, 5) is 48.3. The molecule has 0 radical (unpaired) electrons. The van der Waals surface area contributed by atoms with Gasteiger partial charge < -0.3 is 26.8 Å². The van der Waals surface area contributed by atoms with E-state index in [-0.39, 0.29) is 29.0 Å². The van der Waals surface area contributed by atoms with E-state index in [0.29, 0.717) is 34.4 Å². The second-order valence-corrected chi connectivity index (χ2v) is 13.3. The third-order valence-electron chi connectivity index (χ3n) is 9.59. The number of nitrogens with zero attached hydrogens (tertiary/aromatic N) is 2. The lowest BCUT2D eigenvalue weighted by molar-refractivity contribution is -0.111. The van der Waals surface area contributed by atoms with Gasteiger partial charge in [-0.2, -0.15) is 0 Å². The molecular formula is C37H41ClN6O4. The minimum Gasteiger partial charge on any atom is -0.478 e. The highest BCUT2D eigenvalue weighted by Gasteiger charge is 2.31. The van der Waals surface area contributed by atoms with Crippen LogP contribution in [0.3, 0.4) is 0 Å². The number of allylic oxidation sites excluding steroid dienone is 1. The molecule has 0 unspecified atom stereocenters. The molecule has 0 aliphatic heterocycles. The molecule has 0 spiro atoms. The molecule has 0 saturated heterocycles. The van der Waals surface area contributed by atoms with Crippen LogP contribution in [0.2, 0.25) is 5.02 Å². The van der Waals surface area contributed by atoms with Crippen molar-refractivity contribution < 1.29 is 19.5 Å². The summed E-state index contributed by atoms with van der Waals surface area (Å²) in [6.45, 7) is 2.42. The first kappa shape index (κ1) is 33.2. The first-order chi connectivity index (χ1) is 23.2. The van der Waals surface area contributed by atoms with Crippen molar-refractivity contribution in [3.05, 3.63) is 98.7 Å². The summed E-state index contributed by atoms with van der Waals surface area (Å²) in [5.74, 6) is -1.34. The lowest BCUT2D eigenvalue weighted by atomic mass is 9.98. The van der Waals surface area contributed by atoms with Crippen molar-refractivity contribution in [3.63, 3.8) is 0 Å². The van der Waals surface area contributed by atoms with E-state index < -0.39 is 11.9 Å². The fourth-order valence-corrected chi connectivity index (χ4v) is 6.92. The topological polar surface area (TPSA) is 159 Å². The van der Waals surface area contributed by atoms with Crippen molar-refractivity contribution in [1.82, 2.24) is 20.6 Å². The van der Waals surface area contributed by atoms with Crippen molar-refractivity contribution in [2.24, 2.45) is 11.7 Å². The normalized spacial score (nSPS) is 17.7. The van der Waals surface area contributed by atoms with E-state index in [2.05, 4.69) is 20.9 Å². The van der Waals surface area contributed by atoms with Gasteiger partial charge in [0.15, 0.2) is 5.82 Å². The zero-order valence-corrected chi connectivity index (χ0v) is 27.8. The van der Waals surface area contributed by atoms with Gasteiger partial charge in [0.25, 0.3) is 11.8 Å². The Morgan fingerprint density at radius 1 is 0.958 bits per heavy atom. The molecule has 2 amide bonds. The van der Waals surface area contributed by atoms with Crippen molar-refractivity contribution in [3.8, 4) is 0 Å². The van der Waals surface area contributed by atoms with Crippen molar-refractivity contribution in [1.29, 1.82) is 0 Å². The lowest BCUT2D eigenvalue weighted by Gasteiger charge is -2.20. The van der Waals surface area contributed by atoms with E-state index in [0.717, 1.165) is 72.7 Å². The molecule has 6 N–H and O–H groups in total. The molecule has 10 nitrogen and oxygen atoms in total. The number of nitrogens with one attached hydrogen (secondary N) is 3. The molecule has 3 aliphatic rings. The Bertz CT molecular complexity index is 1790. The quantitative estimate of drug-likeness (QED) is 0.120. The summed E-state index contributed by atoms with van der Waals surface area (Å²) in [5, 5.41) is 19.8.